The fourth-order valence-electron chi connectivity index (χ4n) is 3.90. The van der Waals surface area contributed by atoms with E-state index in [0.717, 1.165) is 54.1 Å². The summed E-state index contributed by atoms with van der Waals surface area (Å²) >= 11 is 0. The van der Waals surface area contributed by atoms with Crippen molar-refractivity contribution in [1.29, 1.82) is 5.41 Å². The molecule has 0 bridgehead atoms. The number of guanidine groups is 1. The van der Waals surface area contributed by atoms with Gasteiger partial charge in [0.15, 0.2) is 5.96 Å². The molecule has 9 heteroatoms. The van der Waals surface area contributed by atoms with Gasteiger partial charge < -0.3 is 15.4 Å². The quantitative estimate of drug-likeness (QED) is 0.505. The van der Waals surface area contributed by atoms with Gasteiger partial charge in [0.25, 0.3) is 0 Å². The zero-order valence-corrected chi connectivity index (χ0v) is 17.5. The molecule has 9 nitrogen and oxygen atoms in total. The number of hydrogen-bond acceptors (Lipinski definition) is 6. The maximum Gasteiger partial charge on any atom is 0.322 e. The van der Waals surface area contributed by atoms with Crippen LogP contribution in [-0.2, 0) is 0 Å². The second-order valence-electron chi connectivity index (χ2n) is 7.72. The number of rotatable bonds is 4. The van der Waals surface area contributed by atoms with Crippen LogP contribution in [0.2, 0.25) is 0 Å². The first-order valence-electron chi connectivity index (χ1n) is 10.0. The molecule has 1 fully saturated rings. The number of benzene rings is 1. The summed E-state index contributed by atoms with van der Waals surface area (Å²) in [7, 11) is 0. The van der Waals surface area contributed by atoms with Crippen LogP contribution in [0.15, 0.2) is 30.5 Å². The Morgan fingerprint density at radius 3 is 2.50 bits per heavy atom. The average Bonchev–Trinajstić information content (AvgIpc) is 3.09. The zero-order valence-electron chi connectivity index (χ0n) is 17.5. The summed E-state index contributed by atoms with van der Waals surface area (Å²) in [6, 6.07) is 8.33. The van der Waals surface area contributed by atoms with Crippen molar-refractivity contribution >= 4 is 5.96 Å². The lowest BCUT2D eigenvalue weighted by Gasteiger charge is -2.32. The fraction of sp³-hybridized carbons (Fsp3) is 0.381. The van der Waals surface area contributed by atoms with E-state index < -0.39 is 0 Å². The molecule has 1 aliphatic heterocycles. The second kappa shape index (κ2) is 8.10. The normalized spacial score (nSPS) is 14.7. The van der Waals surface area contributed by atoms with Crippen molar-refractivity contribution < 1.29 is 4.74 Å². The third-order valence-electron chi connectivity index (χ3n) is 5.29. The highest BCUT2D eigenvalue weighted by Crippen LogP contribution is 2.30. The molecule has 30 heavy (non-hydrogen) atoms. The Bertz CT molecular complexity index is 1050. The molecule has 1 aliphatic rings. The lowest BCUT2D eigenvalue weighted by molar-refractivity contribution is 0.250. The molecule has 0 spiro atoms. The number of piperidine rings is 1. The lowest BCUT2D eigenvalue weighted by atomic mass is 10.0. The zero-order chi connectivity index (χ0) is 21.3. The number of nitrogens with zero attached hydrogens (tertiary/aromatic N) is 6. The molecule has 156 valence electrons. The topological polar surface area (TPSA) is 119 Å². The number of nitrogens with two attached hydrogens (primary N) is 1. The first-order valence-corrected chi connectivity index (χ1v) is 10.0. The van der Waals surface area contributed by atoms with Gasteiger partial charge in [0.2, 0.25) is 0 Å². The molecule has 4 rings (SSSR count). The van der Waals surface area contributed by atoms with Crippen LogP contribution >= 0.6 is 0 Å². The number of hydrogen-bond donors (Lipinski definition) is 2. The van der Waals surface area contributed by atoms with Gasteiger partial charge in [-0.2, -0.15) is 4.98 Å². The first kappa shape index (κ1) is 19.8. The van der Waals surface area contributed by atoms with Crippen molar-refractivity contribution in [2.75, 3.05) is 13.1 Å². The monoisotopic (exact) mass is 406 g/mol. The molecule has 3 aromatic rings. The smallest absolute Gasteiger partial charge is 0.322 e. The Morgan fingerprint density at radius 2 is 1.83 bits per heavy atom. The van der Waals surface area contributed by atoms with Crippen molar-refractivity contribution in [1.82, 2.24) is 29.9 Å². The SMILES string of the molecule is Cc1cc(C)cc(Oc2nccc(-c3c(C)nnn3C3CCN(C(=N)N)CC3)n2)c1. The highest BCUT2D eigenvalue weighted by molar-refractivity contribution is 5.74. The van der Waals surface area contributed by atoms with E-state index in [4.69, 9.17) is 15.9 Å². The van der Waals surface area contributed by atoms with Gasteiger partial charge in [-0.25, -0.2) is 9.67 Å². The van der Waals surface area contributed by atoms with Gasteiger partial charge in [0.05, 0.1) is 17.4 Å². The average molecular weight is 406 g/mol. The molecule has 2 aromatic heterocycles. The summed E-state index contributed by atoms with van der Waals surface area (Å²) < 4.78 is 7.87. The van der Waals surface area contributed by atoms with Crippen LogP contribution in [0.4, 0.5) is 0 Å². The van der Waals surface area contributed by atoms with Crippen molar-refractivity contribution in [3.63, 3.8) is 0 Å². The minimum atomic E-state index is 0.118. The third kappa shape index (κ3) is 4.10. The lowest BCUT2D eigenvalue weighted by Crippen LogP contribution is -2.42. The van der Waals surface area contributed by atoms with Gasteiger partial charge in [-0.15, -0.1) is 5.10 Å². The van der Waals surface area contributed by atoms with Crippen molar-refractivity contribution in [2.45, 2.75) is 39.7 Å². The Labute approximate surface area is 175 Å². The van der Waals surface area contributed by atoms with Crippen LogP contribution in [0, 0.1) is 26.2 Å². The van der Waals surface area contributed by atoms with Crippen LogP contribution in [0.25, 0.3) is 11.4 Å². The van der Waals surface area contributed by atoms with Crippen molar-refractivity contribution in [2.24, 2.45) is 5.73 Å². The van der Waals surface area contributed by atoms with E-state index in [9.17, 15) is 0 Å². The highest BCUT2D eigenvalue weighted by atomic mass is 16.5. The maximum absolute atomic E-state index is 7.62. The molecule has 0 radical (unpaired) electrons. The molecular formula is C21H26N8O. The molecule has 0 aliphatic carbocycles. The van der Waals surface area contributed by atoms with Crippen molar-refractivity contribution in [3.05, 3.63) is 47.3 Å². The Balaban J connectivity index is 1.60. The van der Waals surface area contributed by atoms with Crippen molar-refractivity contribution in [3.8, 4) is 23.1 Å². The minimum Gasteiger partial charge on any atom is -0.424 e. The van der Waals surface area contributed by atoms with E-state index >= 15 is 0 Å². The van der Waals surface area contributed by atoms with E-state index in [-0.39, 0.29) is 18.0 Å². The van der Waals surface area contributed by atoms with E-state index in [1.54, 1.807) is 6.20 Å². The molecule has 1 saturated heterocycles. The molecule has 0 unspecified atom stereocenters. The third-order valence-corrected chi connectivity index (χ3v) is 5.29. The molecule has 0 saturated carbocycles. The standard InChI is InChI=1S/C21H26N8O/c1-13-10-14(2)12-17(11-13)30-21-24-7-4-18(25-21)19-15(3)26-27-29(19)16-5-8-28(9-6-16)20(22)23/h4,7,10-12,16H,5-6,8-9H2,1-3H3,(H3,22,23). The predicted octanol–water partition coefficient (Wildman–Crippen LogP) is 2.98. The van der Waals surface area contributed by atoms with Gasteiger partial charge in [-0.1, -0.05) is 11.3 Å². The molecule has 3 N–H and O–H groups in total. The van der Waals surface area contributed by atoms with Crippen LogP contribution in [0.1, 0.15) is 35.7 Å². The number of aromatic nitrogens is 5. The van der Waals surface area contributed by atoms with E-state index in [0.29, 0.717) is 5.75 Å². The van der Waals surface area contributed by atoms with Crippen LogP contribution in [0.3, 0.4) is 0 Å². The Morgan fingerprint density at radius 1 is 1.13 bits per heavy atom. The summed E-state index contributed by atoms with van der Waals surface area (Å²) in [5.74, 6) is 0.831. The Hall–Kier alpha value is -3.49. The number of likely N-dealkylation sites (tertiary alicyclic amines) is 1. The summed E-state index contributed by atoms with van der Waals surface area (Å²) in [5.41, 5.74) is 10.3. The molecular weight excluding hydrogens is 380 g/mol. The largest absolute Gasteiger partial charge is 0.424 e. The number of aryl methyl sites for hydroxylation is 3. The van der Waals surface area contributed by atoms with Crippen LogP contribution in [0.5, 0.6) is 11.8 Å². The predicted molar refractivity (Wildman–Crippen MR) is 114 cm³/mol. The second-order valence-corrected chi connectivity index (χ2v) is 7.72. The summed E-state index contributed by atoms with van der Waals surface area (Å²) in [4.78, 5) is 10.8. The molecule has 1 aromatic carbocycles. The fourth-order valence-corrected chi connectivity index (χ4v) is 3.90. The van der Waals surface area contributed by atoms with Gasteiger partial charge in [0.1, 0.15) is 11.4 Å². The Kier molecular flexibility index (Phi) is 5.35. The van der Waals surface area contributed by atoms with E-state index in [1.165, 1.54) is 0 Å². The van der Waals surface area contributed by atoms with E-state index in [2.05, 4.69) is 26.3 Å². The number of nitrogens with one attached hydrogen (secondary N) is 1. The first-order chi connectivity index (χ1) is 14.4. The summed E-state index contributed by atoms with van der Waals surface area (Å²) in [6.45, 7) is 7.44. The molecule has 0 atom stereocenters. The van der Waals surface area contributed by atoms with Crippen LogP contribution < -0.4 is 10.5 Å². The minimum absolute atomic E-state index is 0.118. The summed E-state index contributed by atoms with van der Waals surface area (Å²) in [6.07, 6.45) is 3.37. The van der Waals surface area contributed by atoms with Gasteiger partial charge in [-0.05, 0) is 62.9 Å². The van der Waals surface area contributed by atoms with E-state index in [1.807, 2.05) is 48.6 Å². The number of ether oxygens (including phenoxy) is 1. The highest BCUT2D eigenvalue weighted by Gasteiger charge is 2.26. The maximum atomic E-state index is 7.62. The van der Waals surface area contributed by atoms with Gasteiger partial charge in [-0.3, -0.25) is 5.41 Å². The summed E-state index contributed by atoms with van der Waals surface area (Å²) in [5, 5.41) is 16.3. The molecule has 0 amide bonds. The van der Waals surface area contributed by atoms with Gasteiger partial charge >= 0.3 is 6.01 Å². The molecule has 3 heterocycles. The van der Waals surface area contributed by atoms with Crippen LogP contribution in [-0.4, -0.2) is 48.9 Å². The van der Waals surface area contributed by atoms with Gasteiger partial charge in [0, 0.05) is 19.3 Å².